The van der Waals surface area contributed by atoms with Crippen LogP contribution in [0.4, 0.5) is 18.9 Å². The molecule has 0 atom stereocenters. The minimum Gasteiger partial charge on any atom is -0.397 e. The molecule has 0 fully saturated rings. The first kappa shape index (κ1) is 12.9. The number of ether oxygens (including phenoxy) is 1. The highest BCUT2D eigenvalue weighted by molar-refractivity contribution is 6.43. The van der Waals surface area contributed by atoms with E-state index in [4.69, 9.17) is 23.2 Å². The van der Waals surface area contributed by atoms with Gasteiger partial charge in [-0.05, 0) is 6.07 Å². The topological polar surface area (TPSA) is 52.4 Å². The Morgan fingerprint density at radius 3 is 2.31 bits per heavy atom. The van der Waals surface area contributed by atoms with Crippen molar-refractivity contribution in [2.75, 3.05) is 0 Å². The van der Waals surface area contributed by atoms with Crippen LogP contribution in [0.25, 0.3) is 0 Å². The van der Waals surface area contributed by atoms with Gasteiger partial charge in [0.1, 0.15) is 5.02 Å². The summed E-state index contributed by atoms with van der Waals surface area (Å²) in [5.41, 5.74) is -0.910. The molecular formula is C7H2Cl2F3NO3. The van der Waals surface area contributed by atoms with Gasteiger partial charge in [0.2, 0.25) is 5.75 Å². The zero-order valence-electron chi connectivity index (χ0n) is 7.22. The number of nitro benzene ring substituents is 1. The predicted molar refractivity (Wildman–Crippen MR) is 49.8 cm³/mol. The molecule has 88 valence electrons. The van der Waals surface area contributed by atoms with Crippen LogP contribution in [0.2, 0.25) is 10.0 Å². The van der Waals surface area contributed by atoms with Crippen molar-refractivity contribution < 1.29 is 22.8 Å². The highest BCUT2D eigenvalue weighted by atomic mass is 35.5. The smallest absolute Gasteiger partial charge is 0.397 e. The van der Waals surface area contributed by atoms with Gasteiger partial charge in [-0.2, -0.15) is 0 Å². The fourth-order valence-corrected chi connectivity index (χ4v) is 1.23. The van der Waals surface area contributed by atoms with Crippen molar-refractivity contribution in [3.8, 4) is 5.75 Å². The maximum atomic E-state index is 11.9. The monoisotopic (exact) mass is 275 g/mol. The summed E-state index contributed by atoms with van der Waals surface area (Å²) in [6.07, 6.45) is -5.08. The molecule has 1 aromatic carbocycles. The Morgan fingerprint density at radius 2 is 1.88 bits per heavy atom. The third-order valence-corrected chi connectivity index (χ3v) is 2.23. The fourth-order valence-electron chi connectivity index (χ4n) is 0.878. The van der Waals surface area contributed by atoms with Crippen molar-refractivity contribution in [1.29, 1.82) is 0 Å². The minimum atomic E-state index is -5.08. The van der Waals surface area contributed by atoms with Crippen LogP contribution >= 0.6 is 23.2 Å². The van der Waals surface area contributed by atoms with Crippen LogP contribution in [0.3, 0.4) is 0 Å². The summed E-state index contributed by atoms with van der Waals surface area (Å²) in [5.74, 6) is -1.12. The molecule has 0 saturated carbocycles. The molecule has 0 heterocycles. The summed E-state index contributed by atoms with van der Waals surface area (Å²) in [7, 11) is 0. The van der Waals surface area contributed by atoms with E-state index in [0.29, 0.717) is 0 Å². The summed E-state index contributed by atoms with van der Waals surface area (Å²) in [4.78, 5) is 9.38. The van der Waals surface area contributed by atoms with E-state index in [1.54, 1.807) is 0 Å². The molecule has 4 nitrogen and oxygen atoms in total. The number of benzene rings is 1. The van der Waals surface area contributed by atoms with Crippen molar-refractivity contribution in [2.45, 2.75) is 6.36 Å². The van der Waals surface area contributed by atoms with Crippen molar-refractivity contribution >= 4 is 28.9 Å². The van der Waals surface area contributed by atoms with Gasteiger partial charge in [0, 0.05) is 6.07 Å². The van der Waals surface area contributed by atoms with E-state index in [-0.39, 0.29) is 5.02 Å². The Morgan fingerprint density at radius 1 is 1.31 bits per heavy atom. The molecule has 0 bridgehead atoms. The first-order valence-corrected chi connectivity index (χ1v) is 4.36. The molecular weight excluding hydrogens is 274 g/mol. The molecule has 0 saturated heterocycles. The van der Waals surface area contributed by atoms with Gasteiger partial charge in [-0.3, -0.25) is 10.1 Å². The maximum absolute atomic E-state index is 11.9. The zero-order valence-corrected chi connectivity index (χ0v) is 8.73. The summed E-state index contributed by atoms with van der Waals surface area (Å²) < 4.78 is 39.3. The predicted octanol–water partition coefficient (Wildman–Crippen LogP) is 3.80. The number of nitro groups is 1. The molecule has 0 aliphatic rings. The average molecular weight is 276 g/mol. The van der Waals surface area contributed by atoms with Crippen molar-refractivity contribution in [3.05, 3.63) is 32.3 Å². The van der Waals surface area contributed by atoms with E-state index >= 15 is 0 Å². The van der Waals surface area contributed by atoms with Crippen molar-refractivity contribution in [2.24, 2.45) is 0 Å². The Labute approximate surface area is 96.7 Å². The lowest BCUT2D eigenvalue weighted by Crippen LogP contribution is -2.18. The highest BCUT2D eigenvalue weighted by Crippen LogP contribution is 2.41. The largest absolute Gasteiger partial charge is 0.573 e. The summed E-state index contributed by atoms with van der Waals surface area (Å²) >= 11 is 10.8. The van der Waals surface area contributed by atoms with Crippen molar-refractivity contribution in [3.63, 3.8) is 0 Å². The van der Waals surface area contributed by atoms with E-state index < -0.39 is 27.7 Å². The SMILES string of the molecule is O=[N+]([O-])c1ccc(Cl)c(Cl)c1OC(F)(F)F. The van der Waals surface area contributed by atoms with E-state index in [0.717, 1.165) is 12.1 Å². The van der Waals surface area contributed by atoms with Crippen LogP contribution in [0.1, 0.15) is 0 Å². The number of halogens is 5. The third kappa shape index (κ3) is 2.89. The molecule has 1 aromatic rings. The molecule has 0 aliphatic heterocycles. The summed E-state index contributed by atoms with van der Waals surface area (Å²) in [5, 5.41) is 9.50. The second-order valence-corrected chi connectivity index (χ2v) is 3.30. The van der Waals surface area contributed by atoms with Gasteiger partial charge in [0.15, 0.2) is 0 Å². The van der Waals surface area contributed by atoms with Crippen LogP contribution in [-0.4, -0.2) is 11.3 Å². The molecule has 0 amide bonds. The zero-order chi connectivity index (χ0) is 12.5. The van der Waals surface area contributed by atoms with Crippen LogP contribution in [-0.2, 0) is 0 Å². The molecule has 16 heavy (non-hydrogen) atoms. The van der Waals surface area contributed by atoms with Crippen LogP contribution < -0.4 is 4.74 Å². The van der Waals surface area contributed by atoms with Crippen LogP contribution in [0.15, 0.2) is 12.1 Å². The molecule has 0 aliphatic carbocycles. The molecule has 1 rings (SSSR count). The third-order valence-electron chi connectivity index (χ3n) is 1.44. The Balaban J connectivity index is 3.32. The fraction of sp³-hybridized carbons (Fsp3) is 0.143. The van der Waals surface area contributed by atoms with Gasteiger partial charge in [0.05, 0.1) is 9.95 Å². The van der Waals surface area contributed by atoms with Crippen LogP contribution in [0.5, 0.6) is 5.75 Å². The van der Waals surface area contributed by atoms with Gasteiger partial charge in [-0.25, -0.2) is 0 Å². The highest BCUT2D eigenvalue weighted by Gasteiger charge is 2.36. The van der Waals surface area contributed by atoms with Gasteiger partial charge in [-0.15, -0.1) is 13.2 Å². The number of rotatable bonds is 2. The Bertz CT molecular complexity index is 436. The van der Waals surface area contributed by atoms with Gasteiger partial charge in [-0.1, -0.05) is 23.2 Å². The minimum absolute atomic E-state index is 0.272. The van der Waals surface area contributed by atoms with E-state index in [2.05, 4.69) is 4.74 Å². The quantitative estimate of drug-likeness (QED) is 0.609. The van der Waals surface area contributed by atoms with Crippen molar-refractivity contribution in [1.82, 2.24) is 0 Å². The lowest BCUT2D eigenvalue weighted by atomic mass is 10.3. The molecule has 0 radical (unpaired) electrons. The lowest BCUT2D eigenvalue weighted by molar-refractivity contribution is -0.388. The van der Waals surface area contributed by atoms with Gasteiger partial charge in [0.25, 0.3) is 0 Å². The standard InChI is InChI=1S/C7H2Cl2F3NO3/c8-3-1-2-4(13(14)15)6(5(3)9)16-7(10,11)12/h1-2H. The molecule has 0 unspecified atom stereocenters. The Kier molecular flexibility index (Phi) is 3.49. The molecule has 0 aromatic heterocycles. The van der Waals surface area contributed by atoms with Gasteiger partial charge < -0.3 is 4.74 Å². The molecule has 9 heteroatoms. The Hall–Kier alpha value is -1.21. The lowest BCUT2D eigenvalue weighted by Gasteiger charge is -2.10. The molecule has 0 N–H and O–H groups in total. The van der Waals surface area contributed by atoms with Gasteiger partial charge >= 0.3 is 12.0 Å². The number of alkyl halides is 3. The normalized spacial score (nSPS) is 11.3. The van der Waals surface area contributed by atoms with E-state index in [1.807, 2.05) is 0 Å². The number of hydrogen-bond acceptors (Lipinski definition) is 3. The summed E-state index contributed by atoms with van der Waals surface area (Å²) in [6, 6.07) is 1.78. The first-order valence-electron chi connectivity index (χ1n) is 3.60. The number of hydrogen-bond donors (Lipinski definition) is 0. The maximum Gasteiger partial charge on any atom is 0.573 e. The second-order valence-electron chi connectivity index (χ2n) is 2.51. The van der Waals surface area contributed by atoms with E-state index in [9.17, 15) is 23.3 Å². The first-order chi connectivity index (χ1) is 7.22. The second kappa shape index (κ2) is 4.34. The molecule has 0 spiro atoms. The number of nitrogens with zero attached hydrogens (tertiary/aromatic N) is 1. The average Bonchev–Trinajstić information content (AvgIpc) is 2.10. The summed E-state index contributed by atoms with van der Waals surface area (Å²) in [6.45, 7) is 0. The van der Waals surface area contributed by atoms with E-state index in [1.165, 1.54) is 0 Å². The van der Waals surface area contributed by atoms with Crippen LogP contribution in [0, 0.1) is 10.1 Å².